The molecule has 0 saturated carbocycles. The molecule has 0 bridgehead atoms. The van der Waals surface area contributed by atoms with Gasteiger partial charge in [0, 0.05) is 18.6 Å². The number of ether oxygens (including phenoxy) is 1. The number of alkyl halides is 5. The van der Waals surface area contributed by atoms with E-state index in [9.17, 15) is 30.4 Å². The average Bonchev–Trinajstić information content (AvgIpc) is 3.24. The normalized spacial score (nSPS) is 12.7. The molecule has 9 nitrogen and oxygen atoms in total. The molecule has 0 N–H and O–H groups in total. The molecule has 4 rings (SSSR count). The largest absolute Gasteiger partial charge is 0.485 e. The number of pyridine rings is 1. The fourth-order valence-corrected chi connectivity index (χ4v) is 3.96. The van der Waals surface area contributed by atoms with Crippen molar-refractivity contribution in [1.29, 1.82) is 0 Å². The van der Waals surface area contributed by atoms with Gasteiger partial charge in [0.1, 0.15) is 11.4 Å². The molecule has 0 aromatic carbocycles. The van der Waals surface area contributed by atoms with E-state index in [0.717, 1.165) is 12.3 Å². The number of hydrogen-bond acceptors (Lipinski definition) is 8. The molecule has 0 fully saturated rings. The molecular formula is C20H15F5N6O3S. The lowest BCUT2D eigenvalue weighted by molar-refractivity contribution is -0.290. The minimum atomic E-state index is -5.77. The van der Waals surface area contributed by atoms with E-state index < -0.39 is 28.5 Å². The monoisotopic (exact) mass is 514 g/mol. The molecule has 0 spiro atoms. The Morgan fingerprint density at radius 3 is 2.29 bits per heavy atom. The van der Waals surface area contributed by atoms with Gasteiger partial charge in [0.2, 0.25) is 0 Å². The van der Waals surface area contributed by atoms with Crippen LogP contribution in [0.3, 0.4) is 0 Å². The van der Waals surface area contributed by atoms with E-state index in [1.54, 1.807) is 6.07 Å². The van der Waals surface area contributed by atoms with E-state index >= 15 is 0 Å². The van der Waals surface area contributed by atoms with Crippen LogP contribution in [-0.4, -0.2) is 62.4 Å². The Morgan fingerprint density at radius 2 is 1.69 bits per heavy atom. The standard InChI is InChI=1S/C20H15F5N6O3S/c1-2-35(32,33)18-15(13-5-4-12(10-29-13)34-11-19(21,22)20(23,24)25)17-28-9-6-14(31(17)30-18)16-26-7-3-8-27-16/h3-10H,2,11H2,1H3. The van der Waals surface area contributed by atoms with Gasteiger partial charge < -0.3 is 4.74 Å². The third-order valence-electron chi connectivity index (χ3n) is 4.78. The number of sulfone groups is 1. The van der Waals surface area contributed by atoms with Crippen LogP contribution >= 0.6 is 0 Å². The van der Waals surface area contributed by atoms with Crippen molar-refractivity contribution in [3.05, 3.63) is 49.1 Å². The maximum absolute atomic E-state index is 13.1. The van der Waals surface area contributed by atoms with Crippen LogP contribution in [0.25, 0.3) is 28.4 Å². The summed E-state index contributed by atoms with van der Waals surface area (Å²) in [4.78, 5) is 16.5. The van der Waals surface area contributed by atoms with Gasteiger partial charge >= 0.3 is 12.1 Å². The highest BCUT2D eigenvalue weighted by Crippen LogP contribution is 2.36. The molecule has 15 heteroatoms. The summed E-state index contributed by atoms with van der Waals surface area (Å²) >= 11 is 0. The van der Waals surface area contributed by atoms with Crippen molar-refractivity contribution in [1.82, 2.24) is 29.5 Å². The second-order valence-corrected chi connectivity index (χ2v) is 9.29. The molecular weight excluding hydrogens is 499 g/mol. The lowest BCUT2D eigenvalue weighted by Crippen LogP contribution is -2.41. The summed E-state index contributed by atoms with van der Waals surface area (Å²) in [6.45, 7) is -0.519. The molecule has 0 aliphatic rings. The van der Waals surface area contributed by atoms with Crippen LogP contribution in [0.2, 0.25) is 0 Å². The minimum absolute atomic E-state index is 0.0109. The topological polar surface area (TPSA) is 112 Å². The van der Waals surface area contributed by atoms with Crippen molar-refractivity contribution >= 4 is 15.5 Å². The second kappa shape index (κ2) is 8.79. The minimum Gasteiger partial charge on any atom is -0.485 e. The Labute approximate surface area is 194 Å². The third kappa shape index (κ3) is 4.62. The second-order valence-electron chi connectivity index (χ2n) is 7.09. The molecule has 0 saturated heterocycles. The van der Waals surface area contributed by atoms with Crippen LogP contribution in [0.1, 0.15) is 6.92 Å². The molecule has 184 valence electrons. The molecule has 0 unspecified atom stereocenters. The van der Waals surface area contributed by atoms with Crippen molar-refractivity contribution in [3.63, 3.8) is 0 Å². The molecule has 4 aromatic rings. The van der Waals surface area contributed by atoms with Crippen LogP contribution < -0.4 is 4.74 Å². The highest BCUT2D eigenvalue weighted by Gasteiger charge is 2.58. The molecule has 0 aliphatic carbocycles. The molecule has 4 aromatic heterocycles. The summed E-state index contributed by atoms with van der Waals surface area (Å²) in [5.41, 5.74) is 0.466. The van der Waals surface area contributed by atoms with Gasteiger partial charge in [-0.2, -0.15) is 27.1 Å². The molecule has 0 amide bonds. The predicted octanol–water partition coefficient (Wildman–Crippen LogP) is 3.62. The van der Waals surface area contributed by atoms with Crippen LogP contribution in [0.15, 0.2) is 54.1 Å². The van der Waals surface area contributed by atoms with Crippen molar-refractivity contribution in [2.45, 2.75) is 24.0 Å². The van der Waals surface area contributed by atoms with Gasteiger partial charge in [-0.1, -0.05) is 6.92 Å². The van der Waals surface area contributed by atoms with Crippen molar-refractivity contribution in [3.8, 4) is 28.5 Å². The smallest absolute Gasteiger partial charge is 0.456 e. The Morgan fingerprint density at radius 1 is 0.971 bits per heavy atom. The lowest BCUT2D eigenvalue weighted by atomic mass is 10.2. The maximum atomic E-state index is 13.1. The first-order chi connectivity index (χ1) is 16.4. The van der Waals surface area contributed by atoms with E-state index in [-0.39, 0.29) is 39.3 Å². The highest BCUT2D eigenvalue weighted by atomic mass is 32.2. The molecule has 35 heavy (non-hydrogen) atoms. The van der Waals surface area contributed by atoms with Gasteiger partial charge in [-0.3, -0.25) is 4.98 Å². The third-order valence-corrected chi connectivity index (χ3v) is 6.42. The highest BCUT2D eigenvalue weighted by molar-refractivity contribution is 7.91. The summed E-state index contributed by atoms with van der Waals surface area (Å²) in [7, 11) is -3.90. The maximum Gasteiger partial charge on any atom is 0.456 e. The first-order valence-corrected chi connectivity index (χ1v) is 11.5. The Kier molecular flexibility index (Phi) is 6.12. The van der Waals surface area contributed by atoms with Gasteiger partial charge in [0.25, 0.3) is 0 Å². The first kappa shape index (κ1) is 24.4. The molecule has 0 radical (unpaired) electrons. The summed E-state index contributed by atoms with van der Waals surface area (Å²) in [6.07, 6.45) is -0.494. The van der Waals surface area contributed by atoms with Crippen LogP contribution in [0.4, 0.5) is 22.0 Å². The lowest BCUT2D eigenvalue weighted by Gasteiger charge is -2.19. The molecule has 0 aliphatic heterocycles. The number of fused-ring (bicyclic) bond motifs is 1. The van der Waals surface area contributed by atoms with Gasteiger partial charge in [-0.15, -0.1) is 0 Å². The Bertz CT molecular complexity index is 1460. The zero-order chi connectivity index (χ0) is 25.4. The Balaban J connectivity index is 1.79. The number of nitrogens with zero attached hydrogens (tertiary/aromatic N) is 6. The van der Waals surface area contributed by atoms with E-state index in [4.69, 9.17) is 0 Å². The predicted molar refractivity (Wildman–Crippen MR) is 111 cm³/mol. The van der Waals surface area contributed by atoms with Gasteiger partial charge in [-0.05, 0) is 24.3 Å². The zero-order valence-corrected chi connectivity index (χ0v) is 18.6. The quantitative estimate of drug-likeness (QED) is 0.344. The van der Waals surface area contributed by atoms with Crippen LogP contribution in [0, 0.1) is 0 Å². The van der Waals surface area contributed by atoms with E-state index in [1.165, 1.54) is 42.2 Å². The zero-order valence-electron chi connectivity index (χ0n) is 17.7. The van der Waals surface area contributed by atoms with Crippen molar-refractivity contribution in [2.24, 2.45) is 0 Å². The van der Waals surface area contributed by atoms with Crippen molar-refractivity contribution in [2.75, 3.05) is 12.4 Å². The number of aromatic nitrogens is 6. The summed E-state index contributed by atoms with van der Waals surface area (Å²) < 4.78 is 94.7. The van der Waals surface area contributed by atoms with Gasteiger partial charge in [0.05, 0.1) is 23.2 Å². The summed E-state index contributed by atoms with van der Waals surface area (Å²) in [6, 6.07) is 5.43. The number of rotatable bonds is 7. The summed E-state index contributed by atoms with van der Waals surface area (Å²) in [5.74, 6) is -5.48. The fourth-order valence-electron chi connectivity index (χ4n) is 2.97. The average molecular weight is 514 g/mol. The molecule has 0 atom stereocenters. The Hall–Kier alpha value is -3.75. The van der Waals surface area contributed by atoms with Crippen LogP contribution in [-0.2, 0) is 9.84 Å². The van der Waals surface area contributed by atoms with Crippen molar-refractivity contribution < 1.29 is 35.1 Å². The summed E-state index contributed by atoms with van der Waals surface area (Å²) in [5, 5.41) is 3.87. The van der Waals surface area contributed by atoms with Gasteiger partial charge in [-0.25, -0.2) is 27.9 Å². The van der Waals surface area contributed by atoms with E-state index in [1.807, 2.05) is 0 Å². The SMILES string of the molecule is CCS(=O)(=O)c1nn2c(-c3ncccn3)ccnc2c1-c1ccc(OCC(F)(F)C(F)(F)F)cn1. The fraction of sp³-hybridized carbons (Fsp3) is 0.250. The van der Waals surface area contributed by atoms with Gasteiger partial charge in [0.15, 0.2) is 32.9 Å². The van der Waals surface area contributed by atoms with Crippen LogP contribution in [0.5, 0.6) is 5.75 Å². The molecule has 4 heterocycles. The first-order valence-electron chi connectivity index (χ1n) is 9.86. The van der Waals surface area contributed by atoms with E-state index in [2.05, 4.69) is 29.8 Å². The van der Waals surface area contributed by atoms with E-state index in [0.29, 0.717) is 5.69 Å². The number of hydrogen-bond donors (Lipinski definition) is 0. The number of halogens is 5.